The molecule has 1 nitrogen and oxygen atoms in total. The minimum Gasteiger partial charge on any atom is -0.388 e. The number of aliphatic hydroxyl groups excluding tert-OH is 1. The summed E-state index contributed by atoms with van der Waals surface area (Å²) in [5, 5.41) is 10.9. The molecule has 0 saturated heterocycles. The predicted octanol–water partition coefficient (Wildman–Crippen LogP) is 5.24. The lowest BCUT2D eigenvalue weighted by atomic mass is 10.1. The predicted molar refractivity (Wildman–Crippen MR) is 86.0 cm³/mol. The molecule has 4 heteroatoms. The molecule has 0 aromatic heterocycles. The summed E-state index contributed by atoms with van der Waals surface area (Å²) in [6.45, 7) is 1.95. The second-order valence-electron chi connectivity index (χ2n) is 4.27. The van der Waals surface area contributed by atoms with E-state index in [1.165, 1.54) is 0 Å². The summed E-state index contributed by atoms with van der Waals surface area (Å²) in [7, 11) is 0. The van der Waals surface area contributed by atoms with Gasteiger partial charge in [-0.2, -0.15) is 0 Å². The van der Waals surface area contributed by atoms with Crippen molar-refractivity contribution in [1.29, 1.82) is 0 Å². The molecule has 1 atom stereocenters. The van der Waals surface area contributed by atoms with Gasteiger partial charge in [-0.3, -0.25) is 0 Å². The maximum Gasteiger partial charge on any atom is 0.0884 e. The monoisotopic (exact) mass is 356 g/mol. The molecule has 0 saturated carbocycles. The first kappa shape index (κ1) is 14.9. The molecule has 0 radical (unpaired) electrons. The van der Waals surface area contributed by atoms with Crippen LogP contribution in [-0.2, 0) is 0 Å². The van der Waals surface area contributed by atoms with Crippen molar-refractivity contribution in [2.45, 2.75) is 17.9 Å². The van der Waals surface area contributed by atoms with Gasteiger partial charge in [0.1, 0.15) is 0 Å². The van der Waals surface area contributed by atoms with Gasteiger partial charge in [0.2, 0.25) is 0 Å². The molecular formula is C15H14BrClOS. The lowest BCUT2D eigenvalue weighted by Gasteiger charge is -2.12. The molecule has 0 aliphatic rings. The van der Waals surface area contributed by atoms with Gasteiger partial charge in [-0.1, -0.05) is 35.9 Å². The molecule has 0 heterocycles. The van der Waals surface area contributed by atoms with Gasteiger partial charge in [0.05, 0.1) is 6.10 Å². The van der Waals surface area contributed by atoms with Crippen LogP contribution in [0, 0.1) is 6.92 Å². The Morgan fingerprint density at radius 1 is 1.26 bits per heavy atom. The van der Waals surface area contributed by atoms with Gasteiger partial charge in [-0.25, -0.2) is 0 Å². The maximum atomic E-state index is 10.2. The summed E-state index contributed by atoms with van der Waals surface area (Å²) in [4.78, 5) is 1.12. The van der Waals surface area contributed by atoms with Crippen LogP contribution < -0.4 is 0 Å². The topological polar surface area (TPSA) is 20.2 Å². The van der Waals surface area contributed by atoms with E-state index in [2.05, 4.69) is 15.9 Å². The summed E-state index contributed by atoms with van der Waals surface area (Å²) in [5.74, 6) is 0.599. The third kappa shape index (κ3) is 3.99. The van der Waals surface area contributed by atoms with Crippen LogP contribution in [0.1, 0.15) is 17.2 Å². The number of aliphatic hydroxyl groups is 1. The van der Waals surface area contributed by atoms with Crippen molar-refractivity contribution in [3.8, 4) is 0 Å². The Morgan fingerprint density at radius 3 is 2.68 bits per heavy atom. The first-order valence-electron chi connectivity index (χ1n) is 5.89. The van der Waals surface area contributed by atoms with Crippen LogP contribution in [-0.4, -0.2) is 10.9 Å². The van der Waals surface area contributed by atoms with Gasteiger partial charge in [-0.05, 0) is 52.2 Å². The fourth-order valence-corrected chi connectivity index (χ4v) is 3.37. The molecular weight excluding hydrogens is 344 g/mol. The minimum atomic E-state index is -0.518. The van der Waals surface area contributed by atoms with E-state index < -0.39 is 6.10 Å². The molecule has 0 fully saturated rings. The highest BCUT2D eigenvalue weighted by atomic mass is 79.9. The van der Waals surface area contributed by atoms with Crippen LogP contribution in [0.25, 0.3) is 0 Å². The third-order valence-corrected chi connectivity index (χ3v) is 5.32. The molecule has 2 aromatic carbocycles. The SMILES string of the molecule is Cc1ccc(C(O)CSc2ccccc2Br)cc1Cl. The molecule has 0 aliphatic carbocycles. The van der Waals surface area contributed by atoms with Crippen molar-refractivity contribution in [1.82, 2.24) is 0 Å². The van der Waals surface area contributed by atoms with Gasteiger partial charge in [0.15, 0.2) is 0 Å². The van der Waals surface area contributed by atoms with Gasteiger partial charge in [0.25, 0.3) is 0 Å². The van der Waals surface area contributed by atoms with Crippen molar-refractivity contribution in [3.05, 3.63) is 63.1 Å². The highest BCUT2D eigenvalue weighted by Gasteiger charge is 2.10. The zero-order valence-electron chi connectivity index (χ0n) is 10.4. The van der Waals surface area contributed by atoms with Crippen molar-refractivity contribution in [2.24, 2.45) is 0 Å². The zero-order chi connectivity index (χ0) is 13.8. The second-order valence-corrected chi connectivity index (χ2v) is 6.59. The van der Waals surface area contributed by atoms with E-state index >= 15 is 0 Å². The smallest absolute Gasteiger partial charge is 0.0884 e. The summed E-state index contributed by atoms with van der Waals surface area (Å²) >= 11 is 11.2. The normalized spacial score (nSPS) is 12.4. The van der Waals surface area contributed by atoms with Crippen molar-refractivity contribution in [3.63, 3.8) is 0 Å². The molecule has 2 aromatic rings. The zero-order valence-corrected chi connectivity index (χ0v) is 13.6. The minimum absolute atomic E-state index is 0.518. The van der Waals surface area contributed by atoms with Crippen LogP contribution in [0.15, 0.2) is 51.8 Å². The lowest BCUT2D eigenvalue weighted by molar-refractivity contribution is 0.204. The number of hydrogen-bond acceptors (Lipinski definition) is 2. The van der Waals surface area contributed by atoms with E-state index in [9.17, 15) is 5.11 Å². The van der Waals surface area contributed by atoms with E-state index in [4.69, 9.17) is 11.6 Å². The Labute approximate surface area is 131 Å². The van der Waals surface area contributed by atoms with E-state index in [0.29, 0.717) is 10.8 Å². The van der Waals surface area contributed by atoms with E-state index in [1.807, 2.05) is 49.4 Å². The van der Waals surface area contributed by atoms with Crippen LogP contribution in [0.4, 0.5) is 0 Å². The van der Waals surface area contributed by atoms with E-state index in [-0.39, 0.29) is 0 Å². The van der Waals surface area contributed by atoms with Crippen molar-refractivity contribution >= 4 is 39.3 Å². The van der Waals surface area contributed by atoms with E-state index in [0.717, 1.165) is 20.5 Å². The highest BCUT2D eigenvalue weighted by molar-refractivity contribution is 9.10. The third-order valence-electron chi connectivity index (χ3n) is 2.81. The van der Waals surface area contributed by atoms with Crippen LogP contribution in [0.2, 0.25) is 5.02 Å². The molecule has 0 bridgehead atoms. The Kier molecular flexibility index (Phi) is 5.34. The fraction of sp³-hybridized carbons (Fsp3) is 0.200. The number of rotatable bonds is 4. The molecule has 1 unspecified atom stereocenters. The number of aryl methyl sites for hydroxylation is 1. The molecule has 0 aliphatic heterocycles. The summed E-state index contributed by atoms with van der Waals surface area (Å²) in [5.41, 5.74) is 1.88. The maximum absolute atomic E-state index is 10.2. The summed E-state index contributed by atoms with van der Waals surface area (Å²) in [6.07, 6.45) is -0.518. The van der Waals surface area contributed by atoms with Crippen LogP contribution >= 0.6 is 39.3 Å². The Bertz CT molecular complexity index is 574. The number of benzene rings is 2. The molecule has 0 amide bonds. The highest BCUT2D eigenvalue weighted by Crippen LogP contribution is 2.31. The van der Waals surface area contributed by atoms with Gasteiger partial charge < -0.3 is 5.11 Å². The average Bonchev–Trinajstić information content (AvgIpc) is 2.40. The average molecular weight is 358 g/mol. The first-order valence-corrected chi connectivity index (χ1v) is 8.05. The van der Waals surface area contributed by atoms with Gasteiger partial charge in [-0.15, -0.1) is 11.8 Å². The first-order chi connectivity index (χ1) is 9.08. The quantitative estimate of drug-likeness (QED) is 0.755. The van der Waals surface area contributed by atoms with Crippen molar-refractivity contribution < 1.29 is 5.11 Å². The molecule has 19 heavy (non-hydrogen) atoms. The van der Waals surface area contributed by atoms with Gasteiger partial charge in [0, 0.05) is 20.1 Å². The van der Waals surface area contributed by atoms with E-state index in [1.54, 1.807) is 11.8 Å². The second kappa shape index (κ2) is 6.80. The Balaban J connectivity index is 2.03. The molecule has 0 spiro atoms. The fourth-order valence-electron chi connectivity index (χ4n) is 1.64. The van der Waals surface area contributed by atoms with Crippen molar-refractivity contribution in [2.75, 3.05) is 5.75 Å². The Morgan fingerprint density at radius 2 is 2.00 bits per heavy atom. The lowest BCUT2D eigenvalue weighted by Crippen LogP contribution is -2.00. The standard InChI is InChI=1S/C15H14BrClOS/c1-10-6-7-11(8-13(10)17)14(18)9-19-15-5-3-2-4-12(15)16/h2-8,14,18H,9H2,1H3. The number of thioether (sulfide) groups is 1. The summed E-state index contributed by atoms with van der Waals surface area (Å²) in [6, 6.07) is 13.7. The van der Waals surface area contributed by atoms with Crippen LogP contribution in [0.5, 0.6) is 0 Å². The number of halogens is 2. The Hall–Kier alpha value is -0.480. The number of hydrogen-bond donors (Lipinski definition) is 1. The molecule has 2 rings (SSSR count). The van der Waals surface area contributed by atoms with Crippen LogP contribution in [0.3, 0.4) is 0 Å². The molecule has 100 valence electrons. The molecule has 1 N–H and O–H groups in total. The largest absolute Gasteiger partial charge is 0.388 e. The summed E-state index contributed by atoms with van der Waals surface area (Å²) < 4.78 is 1.05. The van der Waals surface area contributed by atoms with Gasteiger partial charge >= 0.3 is 0 Å².